The van der Waals surface area contributed by atoms with Crippen LogP contribution in [0.25, 0.3) is 0 Å². The highest BCUT2D eigenvalue weighted by molar-refractivity contribution is 5.77. The average Bonchev–Trinajstić information content (AvgIpc) is 2.57. The van der Waals surface area contributed by atoms with E-state index in [2.05, 4.69) is 4.74 Å². The van der Waals surface area contributed by atoms with Crippen molar-refractivity contribution in [3.05, 3.63) is 35.9 Å². The van der Waals surface area contributed by atoms with Crippen molar-refractivity contribution in [1.29, 1.82) is 0 Å². The standard InChI is InChI=1S/C9H18O4.C7H9N/c1-5-6-7-9(12-3,13-4)8(10)11-2;8-6-7-4-2-1-3-5-7/h5-7H2,1-4H3;1-5H,6,8H2. The first-order valence-electron chi connectivity index (χ1n) is 7.02. The monoisotopic (exact) mass is 297 g/mol. The highest BCUT2D eigenvalue weighted by Crippen LogP contribution is 2.20. The predicted octanol–water partition coefficient (Wildman–Crippen LogP) is 2.48. The second kappa shape index (κ2) is 11.3. The van der Waals surface area contributed by atoms with E-state index in [4.69, 9.17) is 15.2 Å². The topological polar surface area (TPSA) is 70.8 Å². The molecule has 21 heavy (non-hydrogen) atoms. The van der Waals surface area contributed by atoms with Gasteiger partial charge >= 0.3 is 5.97 Å². The first kappa shape index (κ1) is 19.6. The second-order valence-electron chi connectivity index (χ2n) is 4.45. The minimum absolute atomic E-state index is 0.481. The van der Waals surface area contributed by atoms with E-state index in [1.54, 1.807) is 0 Å². The van der Waals surface area contributed by atoms with E-state index in [0.717, 1.165) is 12.8 Å². The zero-order chi connectivity index (χ0) is 16.1. The molecule has 0 aliphatic heterocycles. The first-order valence-corrected chi connectivity index (χ1v) is 7.02. The smallest absolute Gasteiger partial charge is 0.366 e. The highest BCUT2D eigenvalue weighted by atomic mass is 16.7. The van der Waals surface area contributed by atoms with Crippen LogP contribution in [-0.4, -0.2) is 33.1 Å². The van der Waals surface area contributed by atoms with Gasteiger partial charge < -0.3 is 19.9 Å². The number of carbonyl (C=O) groups is 1. The largest absolute Gasteiger partial charge is 0.465 e. The van der Waals surface area contributed by atoms with Crippen LogP contribution in [0.1, 0.15) is 31.7 Å². The highest BCUT2D eigenvalue weighted by Gasteiger charge is 2.39. The molecule has 0 unspecified atom stereocenters. The lowest BCUT2D eigenvalue weighted by Gasteiger charge is -2.27. The van der Waals surface area contributed by atoms with E-state index in [9.17, 15) is 4.79 Å². The summed E-state index contributed by atoms with van der Waals surface area (Å²) in [5.74, 6) is -1.70. The maximum Gasteiger partial charge on any atom is 0.366 e. The summed E-state index contributed by atoms with van der Waals surface area (Å²) in [5, 5.41) is 0. The molecule has 1 rings (SSSR count). The van der Waals surface area contributed by atoms with Crippen molar-refractivity contribution in [3.8, 4) is 0 Å². The van der Waals surface area contributed by atoms with Crippen molar-refractivity contribution >= 4 is 5.97 Å². The maximum absolute atomic E-state index is 11.3. The van der Waals surface area contributed by atoms with E-state index >= 15 is 0 Å². The number of carbonyl (C=O) groups excluding carboxylic acids is 1. The van der Waals surface area contributed by atoms with E-state index in [1.807, 2.05) is 37.3 Å². The third-order valence-corrected chi connectivity index (χ3v) is 3.09. The fourth-order valence-corrected chi connectivity index (χ4v) is 1.74. The minimum atomic E-state index is -1.22. The maximum atomic E-state index is 11.3. The number of hydrogen-bond acceptors (Lipinski definition) is 5. The number of esters is 1. The summed E-state index contributed by atoms with van der Waals surface area (Å²) < 4.78 is 14.7. The molecule has 5 heteroatoms. The Balaban J connectivity index is 0.000000423. The second-order valence-corrected chi connectivity index (χ2v) is 4.45. The number of methoxy groups -OCH3 is 3. The van der Waals surface area contributed by atoms with Crippen LogP contribution in [0.3, 0.4) is 0 Å². The van der Waals surface area contributed by atoms with Gasteiger partial charge in [0.2, 0.25) is 0 Å². The summed E-state index contributed by atoms with van der Waals surface area (Å²) in [6, 6.07) is 9.99. The molecule has 0 atom stereocenters. The summed E-state index contributed by atoms with van der Waals surface area (Å²) in [6.45, 7) is 2.67. The molecule has 5 nitrogen and oxygen atoms in total. The minimum Gasteiger partial charge on any atom is -0.465 e. The molecule has 2 N–H and O–H groups in total. The van der Waals surface area contributed by atoms with Crippen LogP contribution in [0.2, 0.25) is 0 Å². The van der Waals surface area contributed by atoms with E-state index in [0.29, 0.717) is 13.0 Å². The van der Waals surface area contributed by atoms with Gasteiger partial charge in [0.15, 0.2) is 0 Å². The van der Waals surface area contributed by atoms with Crippen LogP contribution in [-0.2, 0) is 25.5 Å². The van der Waals surface area contributed by atoms with Gasteiger partial charge in [-0.15, -0.1) is 0 Å². The summed E-state index contributed by atoms with van der Waals surface area (Å²) in [5.41, 5.74) is 6.54. The summed E-state index contributed by atoms with van der Waals surface area (Å²) in [4.78, 5) is 11.3. The molecule has 0 aromatic heterocycles. The molecule has 1 aromatic rings. The zero-order valence-electron chi connectivity index (χ0n) is 13.4. The lowest BCUT2D eigenvalue weighted by molar-refractivity contribution is -0.230. The van der Waals surface area contributed by atoms with E-state index in [-0.39, 0.29) is 0 Å². The Hall–Kier alpha value is -1.43. The van der Waals surface area contributed by atoms with Gasteiger partial charge in [0, 0.05) is 27.2 Å². The van der Waals surface area contributed by atoms with Gasteiger partial charge in [0.1, 0.15) is 0 Å². The lowest BCUT2D eigenvalue weighted by Crippen LogP contribution is -2.43. The first-order chi connectivity index (χ1) is 10.1. The Labute approximate surface area is 127 Å². The summed E-state index contributed by atoms with van der Waals surface area (Å²) in [7, 11) is 4.20. The predicted molar refractivity (Wildman–Crippen MR) is 82.6 cm³/mol. The molecular weight excluding hydrogens is 270 g/mol. The van der Waals surface area contributed by atoms with Gasteiger partial charge in [-0.2, -0.15) is 0 Å². The molecule has 0 saturated carbocycles. The van der Waals surface area contributed by atoms with Gasteiger partial charge in [0.05, 0.1) is 7.11 Å². The molecular formula is C16H27NO4. The van der Waals surface area contributed by atoms with Crippen LogP contribution >= 0.6 is 0 Å². The molecule has 0 bridgehead atoms. The number of rotatable bonds is 7. The normalized spacial score (nSPS) is 10.5. The summed E-state index contributed by atoms with van der Waals surface area (Å²) in [6.07, 6.45) is 2.35. The number of hydrogen-bond donors (Lipinski definition) is 1. The van der Waals surface area contributed by atoms with Gasteiger partial charge in [-0.1, -0.05) is 43.7 Å². The van der Waals surface area contributed by atoms with Gasteiger partial charge in [0.25, 0.3) is 5.79 Å². The SMILES string of the molecule is CCCCC(OC)(OC)C(=O)OC.NCc1ccccc1. The van der Waals surface area contributed by atoms with Crippen LogP contribution in [0, 0.1) is 0 Å². The third kappa shape index (κ3) is 6.71. The molecule has 0 aliphatic carbocycles. The van der Waals surface area contributed by atoms with E-state index in [1.165, 1.54) is 26.9 Å². The van der Waals surface area contributed by atoms with Crippen LogP contribution < -0.4 is 5.73 Å². The Kier molecular flexibility index (Phi) is 10.5. The molecule has 1 aromatic carbocycles. The van der Waals surface area contributed by atoms with Crippen molar-refractivity contribution < 1.29 is 19.0 Å². The fraction of sp³-hybridized carbons (Fsp3) is 0.562. The van der Waals surface area contributed by atoms with Gasteiger partial charge in [-0.05, 0) is 12.0 Å². The Morgan fingerprint density at radius 3 is 2.05 bits per heavy atom. The molecule has 0 radical (unpaired) electrons. The molecule has 0 heterocycles. The zero-order valence-corrected chi connectivity index (χ0v) is 13.4. The van der Waals surface area contributed by atoms with Crippen molar-refractivity contribution in [3.63, 3.8) is 0 Å². The number of benzene rings is 1. The van der Waals surface area contributed by atoms with Crippen LogP contribution in [0.5, 0.6) is 0 Å². The van der Waals surface area contributed by atoms with Crippen molar-refractivity contribution in [1.82, 2.24) is 0 Å². The van der Waals surface area contributed by atoms with Gasteiger partial charge in [-0.25, -0.2) is 4.79 Å². The van der Waals surface area contributed by atoms with Crippen molar-refractivity contribution in [2.45, 2.75) is 38.5 Å². The number of nitrogens with two attached hydrogens (primary N) is 1. The Morgan fingerprint density at radius 1 is 1.14 bits per heavy atom. The van der Waals surface area contributed by atoms with Crippen molar-refractivity contribution in [2.24, 2.45) is 5.73 Å². The van der Waals surface area contributed by atoms with E-state index < -0.39 is 11.8 Å². The Morgan fingerprint density at radius 2 is 1.71 bits per heavy atom. The summed E-state index contributed by atoms with van der Waals surface area (Å²) >= 11 is 0. The molecule has 0 amide bonds. The average molecular weight is 297 g/mol. The quantitative estimate of drug-likeness (QED) is 0.618. The van der Waals surface area contributed by atoms with Crippen molar-refractivity contribution in [2.75, 3.05) is 21.3 Å². The number of ether oxygens (including phenoxy) is 3. The third-order valence-electron chi connectivity index (χ3n) is 3.09. The molecule has 0 fully saturated rings. The van der Waals surface area contributed by atoms with Gasteiger partial charge in [-0.3, -0.25) is 0 Å². The molecule has 0 spiro atoms. The molecule has 120 valence electrons. The molecule has 0 aliphatic rings. The molecule has 0 saturated heterocycles. The fourth-order valence-electron chi connectivity index (χ4n) is 1.74. The lowest BCUT2D eigenvalue weighted by atomic mass is 10.1. The van der Waals surface area contributed by atoms with Crippen LogP contribution in [0.4, 0.5) is 0 Å². The number of unbranched alkanes of at least 4 members (excludes halogenated alkanes) is 1. The Bertz CT molecular complexity index is 377. The van der Waals surface area contributed by atoms with Crippen LogP contribution in [0.15, 0.2) is 30.3 Å².